The molecular formula is C12H10F3NO3. The summed E-state index contributed by atoms with van der Waals surface area (Å²) in [5, 5.41) is 0. The van der Waals surface area contributed by atoms with Crippen LogP contribution in [0.2, 0.25) is 0 Å². The van der Waals surface area contributed by atoms with Crippen LogP contribution < -0.4 is 9.64 Å². The molecule has 0 N–H and O–H groups in total. The summed E-state index contributed by atoms with van der Waals surface area (Å²) in [5.74, 6) is -0.733. The molecule has 0 atom stereocenters. The predicted molar refractivity (Wildman–Crippen MR) is 60.0 cm³/mol. The summed E-state index contributed by atoms with van der Waals surface area (Å²) in [5.41, 5.74) is -0.927. The molecule has 0 aromatic heterocycles. The van der Waals surface area contributed by atoms with E-state index in [0.29, 0.717) is 0 Å². The monoisotopic (exact) mass is 273 g/mol. The van der Waals surface area contributed by atoms with E-state index in [1.807, 2.05) is 0 Å². The van der Waals surface area contributed by atoms with Gasteiger partial charge in [0.2, 0.25) is 5.91 Å². The van der Waals surface area contributed by atoms with E-state index in [1.54, 1.807) is 0 Å². The molecule has 1 amide bonds. The minimum Gasteiger partial charge on any atom is -0.495 e. The Kier molecular flexibility index (Phi) is 3.21. The number of methoxy groups -OCH3 is 1. The predicted octanol–water partition coefficient (Wildman–Crippen LogP) is 2.02. The van der Waals surface area contributed by atoms with Gasteiger partial charge in [-0.15, -0.1) is 0 Å². The van der Waals surface area contributed by atoms with Crippen LogP contribution in [0.1, 0.15) is 12.0 Å². The smallest absolute Gasteiger partial charge is 0.416 e. The van der Waals surface area contributed by atoms with Crippen molar-refractivity contribution in [3.63, 3.8) is 0 Å². The molecule has 1 saturated heterocycles. The topological polar surface area (TPSA) is 46.6 Å². The highest BCUT2D eigenvalue weighted by molar-refractivity contribution is 6.15. The largest absolute Gasteiger partial charge is 0.495 e. The number of carbonyl (C=O) groups excluding carboxylic acids is 2. The standard InChI is InChI=1S/C12H10F3NO3/c1-19-10-3-2-7(12(13,14)15)4-9(10)16-6-8(17)5-11(16)18/h2-4H,5-6H2,1H3. The number of benzene rings is 1. The molecule has 19 heavy (non-hydrogen) atoms. The molecule has 0 saturated carbocycles. The molecule has 7 heteroatoms. The van der Waals surface area contributed by atoms with Crippen molar-refractivity contribution >= 4 is 17.4 Å². The molecule has 0 unspecified atom stereocenters. The number of amides is 1. The number of ketones is 1. The van der Waals surface area contributed by atoms with Crippen molar-refractivity contribution in [2.45, 2.75) is 12.6 Å². The lowest BCUT2D eigenvalue weighted by Crippen LogP contribution is -2.25. The summed E-state index contributed by atoms with van der Waals surface area (Å²) >= 11 is 0. The number of nitrogens with zero attached hydrogens (tertiary/aromatic N) is 1. The van der Waals surface area contributed by atoms with Gasteiger partial charge in [0.25, 0.3) is 0 Å². The third-order valence-electron chi connectivity index (χ3n) is 2.78. The fourth-order valence-electron chi connectivity index (χ4n) is 1.88. The quantitative estimate of drug-likeness (QED) is 0.774. The number of rotatable bonds is 2. The fourth-order valence-corrected chi connectivity index (χ4v) is 1.88. The first kappa shape index (κ1) is 13.4. The molecule has 1 aliphatic heterocycles. The first-order chi connectivity index (χ1) is 8.82. The van der Waals surface area contributed by atoms with E-state index in [4.69, 9.17) is 4.74 Å². The molecule has 2 rings (SSSR count). The van der Waals surface area contributed by atoms with Crippen molar-refractivity contribution in [3.8, 4) is 5.75 Å². The lowest BCUT2D eigenvalue weighted by molar-refractivity contribution is -0.137. The van der Waals surface area contributed by atoms with Crippen molar-refractivity contribution in [3.05, 3.63) is 23.8 Å². The molecular weight excluding hydrogens is 263 g/mol. The van der Waals surface area contributed by atoms with Crippen LogP contribution in [-0.2, 0) is 15.8 Å². The number of ether oxygens (including phenoxy) is 1. The fraction of sp³-hybridized carbons (Fsp3) is 0.333. The number of anilines is 1. The molecule has 1 aromatic rings. The summed E-state index contributed by atoms with van der Waals surface area (Å²) < 4.78 is 42.9. The molecule has 0 aliphatic carbocycles. The Morgan fingerprint density at radius 1 is 1.26 bits per heavy atom. The number of Topliss-reactive ketones (excluding diaryl/α,β-unsaturated/α-hetero) is 1. The molecule has 0 radical (unpaired) electrons. The molecule has 0 bridgehead atoms. The minimum absolute atomic E-state index is 0.0341. The van der Waals surface area contributed by atoms with Crippen LogP contribution in [0.25, 0.3) is 0 Å². The van der Waals surface area contributed by atoms with Crippen molar-refractivity contribution in [1.82, 2.24) is 0 Å². The maximum absolute atomic E-state index is 12.7. The van der Waals surface area contributed by atoms with Crippen LogP contribution in [0, 0.1) is 0 Å². The molecule has 4 nitrogen and oxygen atoms in total. The van der Waals surface area contributed by atoms with Crippen LogP contribution in [0.4, 0.5) is 18.9 Å². The second-order valence-electron chi connectivity index (χ2n) is 4.08. The van der Waals surface area contributed by atoms with Crippen molar-refractivity contribution in [2.24, 2.45) is 0 Å². The summed E-state index contributed by atoms with van der Waals surface area (Å²) in [6.07, 6.45) is -4.81. The first-order valence-electron chi connectivity index (χ1n) is 5.40. The number of carbonyl (C=O) groups is 2. The lowest BCUT2D eigenvalue weighted by Gasteiger charge is -2.19. The lowest BCUT2D eigenvalue weighted by atomic mass is 10.1. The van der Waals surface area contributed by atoms with Gasteiger partial charge in [0, 0.05) is 0 Å². The third-order valence-corrected chi connectivity index (χ3v) is 2.78. The Morgan fingerprint density at radius 2 is 1.95 bits per heavy atom. The zero-order chi connectivity index (χ0) is 14.2. The first-order valence-corrected chi connectivity index (χ1v) is 5.40. The van der Waals surface area contributed by atoms with E-state index in [0.717, 1.165) is 23.1 Å². The second-order valence-corrected chi connectivity index (χ2v) is 4.08. The van der Waals surface area contributed by atoms with Gasteiger partial charge >= 0.3 is 6.18 Å². The average Bonchev–Trinajstić information content (AvgIpc) is 2.66. The van der Waals surface area contributed by atoms with Gasteiger partial charge in [-0.2, -0.15) is 13.2 Å². The zero-order valence-electron chi connectivity index (χ0n) is 9.95. The Labute approximate surface area is 106 Å². The highest BCUT2D eigenvalue weighted by Gasteiger charge is 2.35. The zero-order valence-corrected chi connectivity index (χ0v) is 9.95. The summed E-state index contributed by atoms with van der Waals surface area (Å²) in [4.78, 5) is 23.8. The number of alkyl halides is 3. The maximum atomic E-state index is 12.7. The van der Waals surface area contributed by atoms with Crippen molar-refractivity contribution in [2.75, 3.05) is 18.6 Å². The molecule has 1 heterocycles. The second kappa shape index (κ2) is 4.56. The van der Waals surface area contributed by atoms with Gasteiger partial charge in [-0.1, -0.05) is 0 Å². The normalized spacial score (nSPS) is 16.1. The highest BCUT2D eigenvalue weighted by atomic mass is 19.4. The van der Waals surface area contributed by atoms with E-state index in [1.165, 1.54) is 7.11 Å². The van der Waals surface area contributed by atoms with E-state index in [2.05, 4.69) is 0 Å². The molecule has 0 spiro atoms. The van der Waals surface area contributed by atoms with Crippen LogP contribution in [0.15, 0.2) is 18.2 Å². The molecule has 1 aliphatic rings. The Bertz CT molecular complexity index is 540. The number of hydrogen-bond acceptors (Lipinski definition) is 3. The molecule has 1 fully saturated rings. The van der Waals surface area contributed by atoms with Crippen molar-refractivity contribution in [1.29, 1.82) is 0 Å². The molecule has 102 valence electrons. The van der Waals surface area contributed by atoms with E-state index in [-0.39, 0.29) is 30.2 Å². The van der Waals surface area contributed by atoms with Gasteiger partial charge in [-0.3, -0.25) is 9.59 Å². The van der Waals surface area contributed by atoms with Gasteiger partial charge in [0.15, 0.2) is 5.78 Å². The van der Waals surface area contributed by atoms with E-state index >= 15 is 0 Å². The maximum Gasteiger partial charge on any atom is 0.416 e. The average molecular weight is 273 g/mol. The van der Waals surface area contributed by atoms with Gasteiger partial charge < -0.3 is 9.64 Å². The minimum atomic E-state index is -4.52. The van der Waals surface area contributed by atoms with Crippen molar-refractivity contribution < 1.29 is 27.5 Å². The summed E-state index contributed by atoms with van der Waals surface area (Å²) in [6, 6.07) is 2.81. The highest BCUT2D eigenvalue weighted by Crippen LogP contribution is 2.37. The number of halogens is 3. The van der Waals surface area contributed by atoms with Gasteiger partial charge in [-0.25, -0.2) is 0 Å². The number of hydrogen-bond donors (Lipinski definition) is 0. The third kappa shape index (κ3) is 2.54. The van der Waals surface area contributed by atoms with Gasteiger partial charge in [0.05, 0.1) is 31.3 Å². The van der Waals surface area contributed by atoms with Crippen LogP contribution >= 0.6 is 0 Å². The Hall–Kier alpha value is -2.05. The van der Waals surface area contributed by atoms with Crippen LogP contribution in [-0.4, -0.2) is 25.3 Å². The van der Waals surface area contributed by atoms with Gasteiger partial charge in [0.1, 0.15) is 5.75 Å². The summed E-state index contributed by atoms with van der Waals surface area (Å²) in [7, 11) is 1.29. The molecule has 1 aromatic carbocycles. The Balaban J connectivity index is 2.48. The Morgan fingerprint density at radius 3 is 2.42 bits per heavy atom. The summed E-state index contributed by atoms with van der Waals surface area (Å²) in [6.45, 7) is -0.226. The van der Waals surface area contributed by atoms with E-state index < -0.39 is 17.6 Å². The van der Waals surface area contributed by atoms with E-state index in [9.17, 15) is 22.8 Å². The van der Waals surface area contributed by atoms with Gasteiger partial charge in [-0.05, 0) is 18.2 Å². The van der Waals surface area contributed by atoms with Crippen LogP contribution in [0.5, 0.6) is 5.75 Å². The van der Waals surface area contributed by atoms with Crippen LogP contribution in [0.3, 0.4) is 0 Å². The SMILES string of the molecule is COc1ccc(C(F)(F)F)cc1N1CC(=O)CC1=O.